The van der Waals surface area contributed by atoms with Crippen LogP contribution in [0, 0.1) is 12.8 Å². The number of amides is 1. The molecule has 3 heterocycles. The van der Waals surface area contributed by atoms with E-state index >= 15 is 0 Å². The van der Waals surface area contributed by atoms with E-state index in [0.29, 0.717) is 17.8 Å². The van der Waals surface area contributed by atoms with Crippen LogP contribution in [0.1, 0.15) is 35.1 Å². The lowest BCUT2D eigenvalue weighted by Gasteiger charge is -2.37. The Bertz CT molecular complexity index is 714. The van der Waals surface area contributed by atoms with Crippen molar-refractivity contribution in [2.75, 3.05) is 6.54 Å². The van der Waals surface area contributed by atoms with Crippen LogP contribution < -0.4 is 0 Å². The van der Waals surface area contributed by atoms with Gasteiger partial charge in [-0.3, -0.25) is 14.3 Å². The quantitative estimate of drug-likeness (QED) is 0.920. The van der Waals surface area contributed by atoms with Crippen LogP contribution in [-0.4, -0.2) is 44.3 Å². The van der Waals surface area contributed by atoms with Gasteiger partial charge in [-0.1, -0.05) is 0 Å². The standard InChI is InChI=1S/C15H19N3O3S/c1-8-11-7-12(22-14(11)17(3)16-8)13(19)18-6-4-5-10(9(18)2)15(20)21/h7,9-10H,4-6H2,1-3H3,(H,20,21)/t9-,10-/m1/s1. The van der Waals surface area contributed by atoms with Crippen molar-refractivity contribution in [2.45, 2.75) is 32.7 Å². The van der Waals surface area contributed by atoms with Crippen molar-refractivity contribution in [3.63, 3.8) is 0 Å². The summed E-state index contributed by atoms with van der Waals surface area (Å²) >= 11 is 1.42. The van der Waals surface area contributed by atoms with Gasteiger partial charge >= 0.3 is 5.97 Å². The van der Waals surface area contributed by atoms with E-state index in [2.05, 4.69) is 5.10 Å². The maximum absolute atomic E-state index is 12.8. The maximum atomic E-state index is 12.8. The van der Waals surface area contributed by atoms with Gasteiger partial charge in [0.2, 0.25) is 0 Å². The number of hydrogen-bond acceptors (Lipinski definition) is 4. The number of likely N-dealkylation sites (tertiary alicyclic amines) is 1. The summed E-state index contributed by atoms with van der Waals surface area (Å²) in [4.78, 5) is 27.4. The van der Waals surface area contributed by atoms with Crippen molar-refractivity contribution in [3.8, 4) is 0 Å². The number of piperidine rings is 1. The second kappa shape index (κ2) is 5.39. The molecular formula is C15H19N3O3S. The van der Waals surface area contributed by atoms with E-state index < -0.39 is 11.9 Å². The predicted octanol–water partition coefficient (Wildman–Crippen LogP) is 2.27. The lowest BCUT2D eigenvalue weighted by molar-refractivity contribution is -0.144. The Kier molecular flexibility index (Phi) is 3.68. The molecule has 118 valence electrons. The molecule has 2 atom stereocenters. The van der Waals surface area contributed by atoms with E-state index in [1.54, 1.807) is 9.58 Å². The van der Waals surface area contributed by atoms with Crippen LogP contribution in [0.4, 0.5) is 0 Å². The number of carboxylic acid groups (broad SMARTS) is 1. The molecule has 1 saturated heterocycles. The molecule has 3 rings (SSSR count). The van der Waals surface area contributed by atoms with Gasteiger partial charge in [0.25, 0.3) is 5.91 Å². The normalized spacial score (nSPS) is 22.2. The number of carbonyl (C=O) groups excluding carboxylic acids is 1. The molecule has 22 heavy (non-hydrogen) atoms. The van der Waals surface area contributed by atoms with Crippen molar-refractivity contribution in [3.05, 3.63) is 16.6 Å². The smallest absolute Gasteiger partial charge is 0.308 e. The fourth-order valence-electron chi connectivity index (χ4n) is 3.21. The molecule has 0 spiro atoms. The van der Waals surface area contributed by atoms with Crippen molar-refractivity contribution < 1.29 is 14.7 Å². The van der Waals surface area contributed by atoms with Gasteiger partial charge in [0.05, 0.1) is 16.5 Å². The van der Waals surface area contributed by atoms with Crippen molar-refractivity contribution in [1.82, 2.24) is 14.7 Å². The first-order valence-electron chi connectivity index (χ1n) is 7.37. The van der Waals surface area contributed by atoms with Gasteiger partial charge in [0, 0.05) is 25.0 Å². The van der Waals surface area contributed by atoms with E-state index in [0.717, 1.165) is 22.3 Å². The van der Waals surface area contributed by atoms with Crippen LogP contribution in [0.2, 0.25) is 0 Å². The minimum absolute atomic E-state index is 0.0703. The summed E-state index contributed by atoms with van der Waals surface area (Å²) in [7, 11) is 1.87. The fourth-order valence-corrected chi connectivity index (χ4v) is 4.29. The first-order valence-corrected chi connectivity index (χ1v) is 8.18. The van der Waals surface area contributed by atoms with E-state index in [1.165, 1.54) is 11.3 Å². The molecule has 2 aromatic heterocycles. The molecule has 0 aromatic carbocycles. The highest BCUT2D eigenvalue weighted by molar-refractivity contribution is 7.20. The Labute approximate surface area is 132 Å². The molecule has 1 fully saturated rings. The van der Waals surface area contributed by atoms with Gasteiger partial charge in [-0.25, -0.2) is 0 Å². The number of fused-ring (bicyclic) bond motifs is 1. The Morgan fingerprint density at radius 2 is 2.18 bits per heavy atom. The Morgan fingerprint density at radius 1 is 1.45 bits per heavy atom. The molecular weight excluding hydrogens is 302 g/mol. The molecule has 2 aromatic rings. The average molecular weight is 321 g/mol. The largest absolute Gasteiger partial charge is 0.481 e. The van der Waals surface area contributed by atoms with Gasteiger partial charge in [-0.15, -0.1) is 11.3 Å². The zero-order valence-electron chi connectivity index (χ0n) is 12.9. The van der Waals surface area contributed by atoms with Crippen LogP contribution in [0.25, 0.3) is 10.2 Å². The second-order valence-electron chi connectivity index (χ2n) is 5.86. The molecule has 0 radical (unpaired) electrons. The van der Waals surface area contributed by atoms with Crippen LogP contribution in [0.5, 0.6) is 0 Å². The van der Waals surface area contributed by atoms with Crippen molar-refractivity contribution in [2.24, 2.45) is 13.0 Å². The van der Waals surface area contributed by atoms with E-state index in [1.807, 2.05) is 27.0 Å². The van der Waals surface area contributed by atoms with Gasteiger partial charge in [0.1, 0.15) is 4.83 Å². The molecule has 0 saturated carbocycles. The van der Waals surface area contributed by atoms with Gasteiger partial charge in [-0.05, 0) is 32.8 Å². The summed E-state index contributed by atoms with van der Waals surface area (Å²) in [6.07, 6.45) is 1.37. The molecule has 1 amide bonds. The van der Waals surface area contributed by atoms with E-state index in [9.17, 15) is 14.7 Å². The number of rotatable bonds is 2. The van der Waals surface area contributed by atoms with E-state index in [4.69, 9.17) is 0 Å². The van der Waals surface area contributed by atoms with Crippen molar-refractivity contribution >= 4 is 33.4 Å². The predicted molar refractivity (Wildman–Crippen MR) is 84.2 cm³/mol. The summed E-state index contributed by atoms with van der Waals surface area (Å²) in [6, 6.07) is 1.60. The molecule has 0 unspecified atom stereocenters. The zero-order valence-corrected chi connectivity index (χ0v) is 13.7. The van der Waals surface area contributed by atoms with Gasteiger partial charge in [0.15, 0.2) is 0 Å². The summed E-state index contributed by atoms with van der Waals surface area (Å²) in [5.74, 6) is -1.36. The number of aryl methyl sites for hydroxylation is 2. The summed E-state index contributed by atoms with van der Waals surface area (Å²) < 4.78 is 1.78. The number of hydrogen-bond donors (Lipinski definition) is 1. The average Bonchev–Trinajstić information content (AvgIpc) is 3.01. The third-order valence-corrected chi connectivity index (χ3v) is 5.66. The highest BCUT2D eigenvalue weighted by Gasteiger charge is 2.36. The lowest BCUT2D eigenvalue weighted by atomic mass is 9.90. The molecule has 7 heteroatoms. The minimum Gasteiger partial charge on any atom is -0.481 e. The lowest BCUT2D eigenvalue weighted by Crippen LogP contribution is -2.48. The number of aliphatic carboxylic acids is 1. The zero-order chi connectivity index (χ0) is 16.0. The molecule has 6 nitrogen and oxygen atoms in total. The highest BCUT2D eigenvalue weighted by atomic mass is 32.1. The number of aromatic nitrogens is 2. The summed E-state index contributed by atoms with van der Waals surface area (Å²) in [5, 5.41) is 14.6. The Hall–Kier alpha value is -1.89. The third-order valence-electron chi connectivity index (χ3n) is 4.47. The van der Waals surface area contributed by atoms with Crippen LogP contribution in [0.3, 0.4) is 0 Å². The molecule has 0 aliphatic carbocycles. The van der Waals surface area contributed by atoms with Crippen LogP contribution in [0.15, 0.2) is 6.07 Å². The fraction of sp³-hybridized carbons (Fsp3) is 0.533. The first-order chi connectivity index (χ1) is 10.4. The SMILES string of the molecule is Cc1nn(C)c2sc(C(=O)N3CCC[C@@H](C(=O)O)[C@H]3C)cc12. The van der Waals surface area contributed by atoms with E-state index in [-0.39, 0.29) is 11.9 Å². The Balaban J connectivity index is 1.91. The molecule has 1 aliphatic heterocycles. The monoisotopic (exact) mass is 321 g/mol. The van der Waals surface area contributed by atoms with Crippen LogP contribution in [-0.2, 0) is 11.8 Å². The number of nitrogens with zero attached hydrogens (tertiary/aromatic N) is 3. The number of carbonyl (C=O) groups is 2. The second-order valence-corrected chi connectivity index (χ2v) is 6.90. The number of thiophene rings is 1. The molecule has 1 N–H and O–H groups in total. The van der Waals surface area contributed by atoms with Gasteiger partial charge < -0.3 is 10.0 Å². The summed E-state index contributed by atoms with van der Waals surface area (Å²) in [5.41, 5.74) is 0.905. The van der Waals surface area contributed by atoms with Crippen LogP contribution >= 0.6 is 11.3 Å². The number of carboxylic acids is 1. The first kappa shape index (κ1) is 15.0. The molecule has 0 bridgehead atoms. The third kappa shape index (κ3) is 2.29. The van der Waals surface area contributed by atoms with Crippen molar-refractivity contribution in [1.29, 1.82) is 0 Å². The highest BCUT2D eigenvalue weighted by Crippen LogP contribution is 2.31. The minimum atomic E-state index is -0.818. The summed E-state index contributed by atoms with van der Waals surface area (Å²) in [6.45, 7) is 4.37. The van der Waals surface area contributed by atoms with Gasteiger partial charge in [-0.2, -0.15) is 5.10 Å². The molecule has 1 aliphatic rings. The maximum Gasteiger partial charge on any atom is 0.308 e. The topological polar surface area (TPSA) is 75.4 Å². The Morgan fingerprint density at radius 3 is 2.82 bits per heavy atom.